The number of hydrogen-bond acceptors (Lipinski definition) is 3. The molecule has 3 rings (SSSR count). The average molecular weight is 366 g/mol. The van der Waals surface area contributed by atoms with Gasteiger partial charge < -0.3 is 15.2 Å². The number of ether oxygens (including phenoxy) is 1. The normalized spacial score (nSPS) is 19.3. The maximum atomic E-state index is 11.0. The van der Waals surface area contributed by atoms with Crippen molar-refractivity contribution < 1.29 is 14.6 Å². The number of rotatable bonds is 2. The molecule has 4 nitrogen and oxygen atoms in total. The molecule has 2 atom stereocenters. The van der Waals surface area contributed by atoms with Gasteiger partial charge in [-0.25, -0.2) is 4.79 Å². The molecular formula is C18H17Cl2NO3. The van der Waals surface area contributed by atoms with Crippen LogP contribution in [0.4, 0.5) is 10.5 Å². The average Bonchev–Trinajstić information content (AvgIpc) is 2.50. The Hall–Kier alpha value is -1.91. The highest BCUT2D eigenvalue weighted by atomic mass is 35.5. The van der Waals surface area contributed by atoms with Gasteiger partial charge in [0.25, 0.3) is 0 Å². The molecule has 0 fully saturated rings. The van der Waals surface area contributed by atoms with Gasteiger partial charge >= 0.3 is 6.16 Å². The van der Waals surface area contributed by atoms with E-state index in [1.807, 2.05) is 13.0 Å². The molecule has 2 unspecified atom stereocenters. The molecule has 24 heavy (non-hydrogen) atoms. The third kappa shape index (κ3) is 3.17. The van der Waals surface area contributed by atoms with Gasteiger partial charge in [0.1, 0.15) is 0 Å². The second-order valence-corrected chi connectivity index (χ2v) is 6.78. The standard InChI is InChI=1S/C18H17Cl2NO3/c1-9-3-4-11(10(2)7-9)13-8-15(24-18(22)23)21-17-12(13)5-6-14(19)16(17)20/h3-7,13,15,21H,8H2,1-2H3,(H,22,23). The van der Waals surface area contributed by atoms with Gasteiger partial charge in [0.05, 0.1) is 15.7 Å². The van der Waals surface area contributed by atoms with Crippen molar-refractivity contribution in [3.05, 3.63) is 62.6 Å². The molecular weight excluding hydrogens is 349 g/mol. The van der Waals surface area contributed by atoms with Crippen molar-refractivity contribution in [1.29, 1.82) is 0 Å². The molecule has 0 aliphatic carbocycles. The SMILES string of the molecule is Cc1ccc(C2CC(OC(=O)O)Nc3c2ccc(Cl)c3Cl)c(C)c1. The highest BCUT2D eigenvalue weighted by Crippen LogP contribution is 2.45. The number of benzene rings is 2. The van der Waals surface area contributed by atoms with E-state index in [-0.39, 0.29) is 5.92 Å². The van der Waals surface area contributed by atoms with Crippen molar-refractivity contribution in [1.82, 2.24) is 0 Å². The molecule has 126 valence electrons. The number of carboxylic acid groups (broad SMARTS) is 1. The molecule has 0 spiro atoms. The van der Waals surface area contributed by atoms with E-state index in [2.05, 4.69) is 30.4 Å². The molecule has 2 aromatic carbocycles. The fourth-order valence-electron chi connectivity index (χ4n) is 3.27. The summed E-state index contributed by atoms with van der Waals surface area (Å²) >= 11 is 12.4. The molecule has 0 saturated carbocycles. The van der Waals surface area contributed by atoms with Gasteiger partial charge in [-0.1, -0.05) is 53.0 Å². The number of fused-ring (bicyclic) bond motifs is 1. The highest BCUT2D eigenvalue weighted by molar-refractivity contribution is 6.43. The Kier molecular flexibility index (Phi) is 4.61. The first-order chi connectivity index (χ1) is 11.4. The molecule has 1 heterocycles. The summed E-state index contributed by atoms with van der Waals surface area (Å²) in [5.41, 5.74) is 5.07. The van der Waals surface area contributed by atoms with Crippen molar-refractivity contribution in [3.63, 3.8) is 0 Å². The van der Waals surface area contributed by atoms with Crippen LogP contribution in [0.3, 0.4) is 0 Å². The van der Waals surface area contributed by atoms with E-state index in [0.717, 1.165) is 16.7 Å². The van der Waals surface area contributed by atoms with Crippen LogP contribution < -0.4 is 5.32 Å². The second kappa shape index (κ2) is 6.54. The lowest BCUT2D eigenvalue weighted by Gasteiger charge is -2.34. The molecule has 0 bridgehead atoms. The van der Waals surface area contributed by atoms with Crippen LogP contribution in [0, 0.1) is 13.8 Å². The number of aryl methyl sites for hydroxylation is 2. The summed E-state index contributed by atoms with van der Waals surface area (Å²) in [5, 5.41) is 12.8. The second-order valence-electron chi connectivity index (χ2n) is 5.99. The molecule has 0 amide bonds. The molecule has 1 aliphatic heterocycles. The molecule has 2 aromatic rings. The minimum atomic E-state index is -1.33. The molecule has 0 radical (unpaired) electrons. The molecule has 1 aliphatic rings. The fraction of sp³-hybridized carbons (Fsp3) is 0.278. The Labute approximate surface area is 150 Å². The Bertz CT molecular complexity index is 807. The third-order valence-corrected chi connectivity index (χ3v) is 5.11. The zero-order valence-corrected chi connectivity index (χ0v) is 14.8. The minimum Gasteiger partial charge on any atom is -0.450 e. The monoisotopic (exact) mass is 365 g/mol. The largest absolute Gasteiger partial charge is 0.507 e. The number of halogens is 2. The van der Waals surface area contributed by atoms with Crippen LogP contribution in [-0.4, -0.2) is 17.5 Å². The van der Waals surface area contributed by atoms with Crippen LogP contribution in [0.15, 0.2) is 30.3 Å². The van der Waals surface area contributed by atoms with E-state index in [4.69, 9.17) is 33.0 Å². The maximum absolute atomic E-state index is 11.0. The first-order valence-electron chi connectivity index (χ1n) is 7.58. The Morgan fingerprint density at radius 3 is 2.58 bits per heavy atom. The van der Waals surface area contributed by atoms with E-state index in [9.17, 15) is 4.79 Å². The first kappa shape index (κ1) is 16.9. The lowest BCUT2D eigenvalue weighted by atomic mass is 9.82. The summed E-state index contributed by atoms with van der Waals surface area (Å²) in [6.45, 7) is 4.09. The van der Waals surface area contributed by atoms with Crippen molar-refractivity contribution in [2.45, 2.75) is 32.4 Å². The summed E-state index contributed by atoms with van der Waals surface area (Å²) in [5.74, 6) is -0.0269. The zero-order valence-electron chi connectivity index (χ0n) is 13.3. The quantitative estimate of drug-likeness (QED) is 0.682. The van der Waals surface area contributed by atoms with Gasteiger partial charge in [-0.05, 0) is 36.6 Å². The van der Waals surface area contributed by atoms with E-state index in [1.54, 1.807) is 6.07 Å². The van der Waals surface area contributed by atoms with Gasteiger partial charge in [0.15, 0.2) is 6.23 Å². The van der Waals surface area contributed by atoms with E-state index < -0.39 is 12.4 Å². The van der Waals surface area contributed by atoms with Gasteiger partial charge in [0, 0.05) is 12.3 Å². The molecule has 0 saturated heterocycles. The van der Waals surface area contributed by atoms with Crippen LogP contribution in [0.25, 0.3) is 0 Å². The molecule has 2 N–H and O–H groups in total. The third-order valence-electron chi connectivity index (χ3n) is 4.30. The fourth-order valence-corrected chi connectivity index (χ4v) is 3.66. The summed E-state index contributed by atoms with van der Waals surface area (Å²) in [7, 11) is 0. The Morgan fingerprint density at radius 1 is 1.21 bits per heavy atom. The smallest absolute Gasteiger partial charge is 0.450 e. The van der Waals surface area contributed by atoms with Gasteiger partial charge in [-0.15, -0.1) is 0 Å². The zero-order chi connectivity index (χ0) is 17.4. The number of carbonyl (C=O) groups is 1. The van der Waals surface area contributed by atoms with E-state index >= 15 is 0 Å². The Morgan fingerprint density at radius 2 is 1.92 bits per heavy atom. The summed E-state index contributed by atoms with van der Waals surface area (Å²) in [6, 6.07) is 9.93. The van der Waals surface area contributed by atoms with Crippen LogP contribution >= 0.6 is 23.2 Å². The molecule has 6 heteroatoms. The number of nitrogens with one attached hydrogen (secondary N) is 1. The lowest BCUT2D eigenvalue weighted by Crippen LogP contribution is -2.33. The van der Waals surface area contributed by atoms with Crippen LogP contribution in [0.1, 0.15) is 34.6 Å². The summed E-state index contributed by atoms with van der Waals surface area (Å²) < 4.78 is 4.96. The van der Waals surface area contributed by atoms with Gasteiger partial charge in [0.2, 0.25) is 0 Å². The lowest BCUT2D eigenvalue weighted by molar-refractivity contribution is 0.0561. The van der Waals surface area contributed by atoms with Crippen molar-refractivity contribution in [2.75, 3.05) is 5.32 Å². The Balaban J connectivity index is 2.11. The predicted molar refractivity (Wildman–Crippen MR) is 95.4 cm³/mol. The summed E-state index contributed by atoms with van der Waals surface area (Å²) in [6.07, 6.45) is -1.52. The first-order valence-corrected chi connectivity index (χ1v) is 8.33. The van der Waals surface area contributed by atoms with Crippen molar-refractivity contribution >= 4 is 35.0 Å². The summed E-state index contributed by atoms with van der Waals surface area (Å²) in [4.78, 5) is 11.0. The minimum absolute atomic E-state index is 0.0269. The van der Waals surface area contributed by atoms with Crippen LogP contribution in [0.2, 0.25) is 10.0 Å². The van der Waals surface area contributed by atoms with Crippen LogP contribution in [-0.2, 0) is 4.74 Å². The number of anilines is 1. The van der Waals surface area contributed by atoms with Gasteiger partial charge in [-0.3, -0.25) is 0 Å². The van der Waals surface area contributed by atoms with Crippen molar-refractivity contribution in [2.24, 2.45) is 0 Å². The van der Waals surface area contributed by atoms with Crippen molar-refractivity contribution in [3.8, 4) is 0 Å². The maximum Gasteiger partial charge on any atom is 0.507 e. The van der Waals surface area contributed by atoms with E-state index in [1.165, 1.54) is 5.56 Å². The topological polar surface area (TPSA) is 58.6 Å². The highest BCUT2D eigenvalue weighted by Gasteiger charge is 2.32. The molecule has 0 aromatic heterocycles. The van der Waals surface area contributed by atoms with E-state index in [0.29, 0.717) is 22.2 Å². The van der Waals surface area contributed by atoms with Crippen LogP contribution in [0.5, 0.6) is 0 Å². The van der Waals surface area contributed by atoms with Gasteiger partial charge in [-0.2, -0.15) is 0 Å². The predicted octanol–water partition coefficient (Wildman–Crippen LogP) is 5.58. The number of hydrogen-bond donors (Lipinski definition) is 2.